The maximum atomic E-state index is 8.85. The van der Waals surface area contributed by atoms with E-state index in [1.54, 1.807) is 4.68 Å². The molecule has 0 aliphatic rings. The van der Waals surface area contributed by atoms with E-state index in [9.17, 15) is 0 Å². The van der Waals surface area contributed by atoms with Crippen LogP contribution in [0.1, 0.15) is 0 Å². The summed E-state index contributed by atoms with van der Waals surface area (Å²) in [6.07, 6.45) is 0. The monoisotopic (exact) mass is 329 g/mol. The van der Waals surface area contributed by atoms with Crippen molar-refractivity contribution in [2.75, 3.05) is 12.3 Å². The van der Waals surface area contributed by atoms with E-state index in [1.807, 2.05) is 30.3 Å². The first kappa shape index (κ1) is 11.4. The average molecular weight is 329 g/mol. The summed E-state index contributed by atoms with van der Waals surface area (Å²) in [5.74, 6) is 0.572. The van der Waals surface area contributed by atoms with Crippen LogP contribution in [0.15, 0.2) is 30.3 Å². The van der Waals surface area contributed by atoms with Gasteiger partial charge in [-0.15, -0.1) is 0 Å². The third-order valence-corrected chi connectivity index (χ3v) is 2.91. The van der Waals surface area contributed by atoms with Crippen LogP contribution in [-0.4, -0.2) is 21.5 Å². The molecule has 0 amide bonds. The van der Waals surface area contributed by atoms with E-state index in [-0.39, 0.29) is 6.61 Å². The van der Waals surface area contributed by atoms with Gasteiger partial charge in [-0.25, -0.2) is 4.68 Å². The van der Waals surface area contributed by atoms with Crippen LogP contribution >= 0.6 is 22.6 Å². The molecule has 0 saturated heterocycles. The molecule has 2 aromatic rings. The lowest BCUT2D eigenvalue weighted by atomic mass is 10.2. The van der Waals surface area contributed by atoms with E-state index in [4.69, 9.17) is 10.8 Å². The minimum atomic E-state index is 0.0393. The number of aliphatic hydroxyl groups is 1. The van der Waals surface area contributed by atoms with Crippen LogP contribution < -0.4 is 5.73 Å². The zero-order valence-electron chi connectivity index (χ0n) is 8.60. The maximum absolute atomic E-state index is 8.85. The molecule has 0 aliphatic carbocycles. The van der Waals surface area contributed by atoms with Crippen molar-refractivity contribution in [3.63, 3.8) is 0 Å². The zero-order valence-corrected chi connectivity index (χ0v) is 10.8. The van der Waals surface area contributed by atoms with E-state index < -0.39 is 0 Å². The van der Waals surface area contributed by atoms with Crippen LogP contribution in [0, 0.1) is 3.57 Å². The minimum absolute atomic E-state index is 0.0393. The second-order valence-corrected chi connectivity index (χ2v) is 4.66. The van der Waals surface area contributed by atoms with Crippen molar-refractivity contribution in [2.45, 2.75) is 6.54 Å². The molecule has 0 unspecified atom stereocenters. The lowest BCUT2D eigenvalue weighted by molar-refractivity contribution is 0.270. The van der Waals surface area contributed by atoms with Crippen LogP contribution in [0.3, 0.4) is 0 Å². The number of nitrogen functional groups attached to an aromatic ring is 1. The fourth-order valence-corrected chi connectivity index (χ4v) is 2.04. The second-order valence-electron chi connectivity index (χ2n) is 3.41. The molecule has 0 atom stereocenters. The molecule has 1 heterocycles. The molecule has 0 radical (unpaired) electrons. The summed E-state index contributed by atoms with van der Waals surface area (Å²) in [7, 11) is 0. The number of nitrogens with two attached hydrogens (primary N) is 1. The number of halogens is 1. The van der Waals surface area contributed by atoms with Crippen molar-refractivity contribution in [3.05, 3.63) is 33.9 Å². The highest BCUT2D eigenvalue weighted by Gasteiger charge is 2.06. The van der Waals surface area contributed by atoms with Crippen LogP contribution in [-0.2, 0) is 6.54 Å². The van der Waals surface area contributed by atoms with E-state index >= 15 is 0 Å². The van der Waals surface area contributed by atoms with Crippen LogP contribution in [0.2, 0.25) is 0 Å². The molecule has 16 heavy (non-hydrogen) atoms. The van der Waals surface area contributed by atoms with Gasteiger partial charge >= 0.3 is 0 Å². The molecule has 1 aromatic carbocycles. The van der Waals surface area contributed by atoms with Gasteiger partial charge in [-0.1, -0.05) is 12.1 Å². The summed E-state index contributed by atoms with van der Waals surface area (Å²) in [5, 5.41) is 13.2. The number of nitrogens with zero attached hydrogens (tertiary/aromatic N) is 2. The number of hydrogen-bond donors (Lipinski definition) is 2. The lowest BCUT2D eigenvalue weighted by Crippen LogP contribution is -2.07. The van der Waals surface area contributed by atoms with Crippen molar-refractivity contribution < 1.29 is 5.11 Å². The Morgan fingerprint density at radius 3 is 2.88 bits per heavy atom. The molecule has 0 spiro atoms. The fourth-order valence-electron chi connectivity index (χ4n) is 1.49. The molecule has 1 aromatic heterocycles. The van der Waals surface area contributed by atoms with Crippen LogP contribution in [0.4, 0.5) is 5.82 Å². The maximum Gasteiger partial charge on any atom is 0.122 e. The first-order chi connectivity index (χ1) is 7.70. The Kier molecular flexibility index (Phi) is 3.45. The van der Waals surface area contributed by atoms with Crippen molar-refractivity contribution >= 4 is 28.4 Å². The molecule has 2 rings (SSSR count). The van der Waals surface area contributed by atoms with E-state index in [0.717, 1.165) is 14.8 Å². The summed E-state index contributed by atoms with van der Waals surface area (Å²) in [6, 6.07) is 9.87. The van der Waals surface area contributed by atoms with Crippen molar-refractivity contribution in [1.29, 1.82) is 0 Å². The molecular weight excluding hydrogens is 317 g/mol. The number of benzene rings is 1. The molecule has 84 valence electrons. The summed E-state index contributed by atoms with van der Waals surface area (Å²) in [5.41, 5.74) is 7.67. The average Bonchev–Trinajstić information content (AvgIpc) is 2.61. The number of aromatic nitrogens is 2. The normalized spacial score (nSPS) is 10.6. The van der Waals surface area contributed by atoms with E-state index in [2.05, 4.69) is 27.7 Å². The Labute approximate surface area is 107 Å². The van der Waals surface area contributed by atoms with Crippen LogP contribution in [0.25, 0.3) is 11.3 Å². The second kappa shape index (κ2) is 4.84. The quantitative estimate of drug-likeness (QED) is 0.843. The Hall–Kier alpha value is -1.08. The summed E-state index contributed by atoms with van der Waals surface area (Å²) < 4.78 is 2.76. The Morgan fingerprint density at radius 2 is 2.19 bits per heavy atom. The smallest absolute Gasteiger partial charge is 0.122 e. The molecule has 0 aliphatic heterocycles. The standard InChI is InChI=1S/C11H12IN3O/c12-9-3-1-2-8(6-9)10-7-11(13)15(14-10)4-5-16/h1-3,6-7,16H,4-5,13H2. The van der Waals surface area contributed by atoms with Crippen LogP contribution in [0.5, 0.6) is 0 Å². The number of aliphatic hydroxyl groups excluding tert-OH is 1. The van der Waals surface area contributed by atoms with Crippen molar-refractivity contribution in [3.8, 4) is 11.3 Å². The van der Waals surface area contributed by atoms with Gasteiger partial charge in [0.05, 0.1) is 18.8 Å². The van der Waals surface area contributed by atoms with Gasteiger partial charge in [0.15, 0.2) is 0 Å². The highest BCUT2D eigenvalue weighted by molar-refractivity contribution is 14.1. The molecule has 5 heteroatoms. The Balaban J connectivity index is 2.37. The highest BCUT2D eigenvalue weighted by Crippen LogP contribution is 2.21. The van der Waals surface area contributed by atoms with Gasteiger partial charge < -0.3 is 10.8 Å². The van der Waals surface area contributed by atoms with Gasteiger partial charge in [-0.05, 0) is 34.7 Å². The van der Waals surface area contributed by atoms with Gasteiger partial charge in [0.1, 0.15) is 5.82 Å². The third-order valence-electron chi connectivity index (χ3n) is 2.24. The zero-order chi connectivity index (χ0) is 11.5. The Morgan fingerprint density at radius 1 is 1.38 bits per heavy atom. The van der Waals surface area contributed by atoms with Gasteiger partial charge in [-0.3, -0.25) is 0 Å². The topological polar surface area (TPSA) is 64.1 Å². The molecule has 0 fully saturated rings. The number of rotatable bonds is 3. The molecule has 0 bridgehead atoms. The number of hydrogen-bond acceptors (Lipinski definition) is 3. The van der Waals surface area contributed by atoms with Gasteiger partial charge in [-0.2, -0.15) is 5.10 Å². The molecule has 0 saturated carbocycles. The first-order valence-electron chi connectivity index (χ1n) is 4.91. The molecule has 3 N–H and O–H groups in total. The Bertz CT molecular complexity index is 496. The first-order valence-corrected chi connectivity index (χ1v) is 5.98. The van der Waals surface area contributed by atoms with E-state index in [1.165, 1.54) is 0 Å². The highest BCUT2D eigenvalue weighted by atomic mass is 127. The molecule has 4 nitrogen and oxygen atoms in total. The SMILES string of the molecule is Nc1cc(-c2cccc(I)c2)nn1CCO. The summed E-state index contributed by atoms with van der Waals surface area (Å²) in [6.45, 7) is 0.466. The third kappa shape index (κ3) is 2.35. The predicted octanol–water partition coefficient (Wildman–Crippen LogP) is 1.73. The van der Waals surface area contributed by atoms with Gasteiger partial charge in [0, 0.05) is 15.2 Å². The minimum Gasteiger partial charge on any atom is -0.394 e. The van der Waals surface area contributed by atoms with Crippen molar-refractivity contribution in [2.24, 2.45) is 0 Å². The summed E-state index contributed by atoms with van der Waals surface area (Å²) in [4.78, 5) is 0. The summed E-state index contributed by atoms with van der Waals surface area (Å²) >= 11 is 2.26. The van der Waals surface area contributed by atoms with Gasteiger partial charge in [0.2, 0.25) is 0 Å². The lowest BCUT2D eigenvalue weighted by Gasteiger charge is -1.99. The van der Waals surface area contributed by atoms with Crippen molar-refractivity contribution in [1.82, 2.24) is 9.78 Å². The van der Waals surface area contributed by atoms with E-state index in [0.29, 0.717) is 12.4 Å². The van der Waals surface area contributed by atoms with Gasteiger partial charge in [0.25, 0.3) is 0 Å². The number of anilines is 1. The largest absolute Gasteiger partial charge is 0.394 e. The fraction of sp³-hybridized carbons (Fsp3) is 0.182. The predicted molar refractivity (Wildman–Crippen MR) is 71.9 cm³/mol. The molecular formula is C11H12IN3O.